The maximum absolute atomic E-state index is 2.22. The molecule has 0 radical (unpaired) electrons. The van der Waals surface area contributed by atoms with Gasteiger partial charge in [0.1, 0.15) is 0 Å². The van der Waals surface area contributed by atoms with Crippen molar-refractivity contribution in [2.75, 3.05) is 0 Å². The van der Waals surface area contributed by atoms with Crippen LogP contribution in [0.15, 0.2) is 79.4 Å². The van der Waals surface area contributed by atoms with Crippen LogP contribution in [0.3, 0.4) is 0 Å². The smallest absolute Gasteiger partial charge is 0.0557 e. The second-order valence-corrected chi connectivity index (χ2v) is 5.28. The number of benzene rings is 2. The maximum Gasteiger partial charge on any atom is 0.0557 e. The van der Waals surface area contributed by atoms with Gasteiger partial charge in [-0.2, -0.15) is 0 Å². The van der Waals surface area contributed by atoms with Gasteiger partial charge in [-0.3, -0.25) is 0 Å². The van der Waals surface area contributed by atoms with Gasteiger partial charge in [-0.05, 0) is 42.8 Å². The first-order valence-electron chi connectivity index (χ1n) is 7.13. The van der Waals surface area contributed by atoms with E-state index in [4.69, 9.17) is 0 Å². The Morgan fingerprint density at radius 3 is 2.00 bits per heavy atom. The molecule has 2 heterocycles. The van der Waals surface area contributed by atoms with Crippen LogP contribution >= 0.6 is 0 Å². The molecule has 4 rings (SSSR count). The summed E-state index contributed by atoms with van der Waals surface area (Å²) in [6, 6.07) is 19.1. The molecule has 0 amide bonds. The summed E-state index contributed by atoms with van der Waals surface area (Å²) in [6.07, 6.45) is 8.38. The summed E-state index contributed by atoms with van der Waals surface area (Å²) in [5.41, 5.74) is 3.75. The summed E-state index contributed by atoms with van der Waals surface area (Å²) in [5, 5.41) is 2.54. The van der Waals surface area contributed by atoms with Gasteiger partial charge in [-0.15, -0.1) is 0 Å². The van der Waals surface area contributed by atoms with E-state index in [1.54, 1.807) is 0 Å². The molecular weight excluding hydrogens is 256 g/mol. The molecular formula is C19H16N2. The van der Waals surface area contributed by atoms with E-state index in [2.05, 4.69) is 95.4 Å². The molecule has 0 bridgehead atoms. The summed E-state index contributed by atoms with van der Waals surface area (Å²) in [6.45, 7) is 2.16. The van der Waals surface area contributed by atoms with Crippen molar-refractivity contribution >= 4 is 10.8 Å². The largest absolute Gasteiger partial charge is 0.323 e. The highest BCUT2D eigenvalue weighted by molar-refractivity contribution is 5.97. The zero-order valence-electron chi connectivity index (χ0n) is 11.9. The Balaban J connectivity index is 2.08. The summed E-state index contributed by atoms with van der Waals surface area (Å²) >= 11 is 0. The lowest BCUT2D eigenvalue weighted by Gasteiger charge is -2.14. The molecule has 0 spiro atoms. The van der Waals surface area contributed by atoms with Gasteiger partial charge in [0.2, 0.25) is 0 Å². The molecule has 4 aromatic rings. The Kier molecular flexibility index (Phi) is 2.68. The van der Waals surface area contributed by atoms with Crippen LogP contribution in [0, 0.1) is 6.92 Å². The molecule has 0 saturated heterocycles. The number of rotatable bonds is 2. The number of nitrogens with zero attached hydrogens (tertiary/aromatic N) is 2. The molecule has 0 fully saturated rings. The molecule has 21 heavy (non-hydrogen) atoms. The minimum Gasteiger partial charge on any atom is -0.323 e. The van der Waals surface area contributed by atoms with Crippen molar-refractivity contribution in [3.05, 3.63) is 84.9 Å². The van der Waals surface area contributed by atoms with Crippen LogP contribution in [0.5, 0.6) is 0 Å². The van der Waals surface area contributed by atoms with E-state index in [-0.39, 0.29) is 0 Å². The van der Waals surface area contributed by atoms with Crippen LogP contribution in [-0.2, 0) is 0 Å². The van der Waals surface area contributed by atoms with Crippen molar-refractivity contribution in [2.45, 2.75) is 6.92 Å². The van der Waals surface area contributed by atoms with Crippen LogP contribution in [-0.4, -0.2) is 9.13 Å². The van der Waals surface area contributed by atoms with E-state index < -0.39 is 0 Å². The first-order chi connectivity index (χ1) is 10.3. The lowest BCUT2D eigenvalue weighted by atomic mass is 10.0. The highest BCUT2D eigenvalue weighted by Crippen LogP contribution is 2.30. The molecule has 102 valence electrons. The van der Waals surface area contributed by atoms with Gasteiger partial charge in [0.25, 0.3) is 0 Å². The molecule has 0 atom stereocenters. The molecule has 0 aliphatic heterocycles. The predicted molar refractivity (Wildman–Crippen MR) is 87.3 cm³/mol. The van der Waals surface area contributed by atoms with E-state index in [9.17, 15) is 0 Å². The van der Waals surface area contributed by atoms with Gasteiger partial charge >= 0.3 is 0 Å². The first-order valence-corrected chi connectivity index (χ1v) is 7.13. The van der Waals surface area contributed by atoms with Crippen LogP contribution in [0.2, 0.25) is 0 Å². The second-order valence-electron chi connectivity index (χ2n) is 5.28. The number of aromatic nitrogens is 2. The normalized spacial score (nSPS) is 11.1. The Morgan fingerprint density at radius 1 is 0.619 bits per heavy atom. The fourth-order valence-corrected chi connectivity index (χ4v) is 2.98. The third-order valence-electron chi connectivity index (χ3n) is 3.96. The van der Waals surface area contributed by atoms with Gasteiger partial charge in [0, 0.05) is 35.6 Å². The van der Waals surface area contributed by atoms with Crippen molar-refractivity contribution < 1.29 is 0 Å². The standard InChI is InChI=1S/C19H16N2/c1-15-9-10-16-17(19(15)21-13-4-5-14-21)7-6-8-18(16)20-11-2-3-12-20/h2-14H,1H3. The van der Waals surface area contributed by atoms with E-state index in [0.717, 1.165) is 0 Å². The molecule has 0 N–H and O–H groups in total. The minimum atomic E-state index is 1.21. The van der Waals surface area contributed by atoms with Gasteiger partial charge in [0.15, 0.2) is 0 Å². The van der Waals surface area contributed by atoms with Gasteiger partial charge in [0.05, 0.1) is 11.4 Å². The third-order valence-corrected chi connectivity index (χ3v) is 3.96. The van der Waals surface area contributed by atoms with E-state index in [1.807, 2.05) is 0 Å². The second kappa shape index (κ2) is 4.67. The topological polar surface area (TPSA) is 9.86 Å². The van der Waals surface area contributed by atoms with Crippen LogP contribution < -0.4 is 0 Å². The molecule has 0 saturated carbocycles. The molecule has 2 nitrogen and oxygen atoms in total. The zero-order chi connectivity index (χ0) is 14.2. The van der Waals surface area contributed by atoms with Crippen molar-refractivity contribution in [3.8, 4) is 11.4 Å². The van der Waals surface area contributed by atoms with Crippen molar-refractivity contribution in [1.29, 1.82) is 0 Å². The minimum absolute atomic E-state index is 1.21. The quantitative estimate of drug-likeness (QED) is 0.499. The van der Waals surface area contributed by atoms with Gasteiger partial charge < -0.3 is 9.13 Å². The van der Waals surface area contributed by atoms with Crippen molar-refractivity contribution in [2.24, 2.45) is 0 Å². The SMILES string of the molecule is Cc1ccc2c(-n3cccc3)cccc2c1-n1cccc1. The van der Waals surface area contributed by atoms with E-state index in [1.165, 1.54) is 27.7 Å². The lowest BCUT2D eigenvalue weighted by Crippen LogP contribution is -1.98. The molecule has 2 aromatic heterocycles. The number of fused-ring (bicyclic) bond motifs is 1. The van der Waals surface area contributed by atoms with Crippen LogP contribution in [0.25, 0.3) is 22.1 Å². The number of hydrogen-bond acceptors (Lipinski definition) is 0. The third kappa shape index (κ3) is 1.88. The Morgan fingerprint density at radius 2 is 1.29 bits per heavy atom. The van der Waals surface area contributed by atoms with Gasteiger partial charge in [-0.1, -0.05) is 24.3 Å². The Labute approximate surface area is 123 Å². The fraction of sp³-hybridized carbons (Fsp3) is 0.0526. The highest BCUT2D eigenvalue weighted by Gasteiger charge is 2.09. The monoisotopic (exact) mass is 272 g/mol. The van der Waals surface area contributed by atoms with Crippen LogP contribution in [0.4, 0.5) is 0 Å². The zero-order valence-corrected chi connectivity index (χ0v) is 11.9. The Hall–Kier alpha value is -2.74. The van der Waals surface area contributed by atoms with E-state index in [0.29, 0.717) is 0 Å². The van der Waals surface area contributed by atoms with Gasteiger partial charge in [-0.25, -0.2) is 0 Å². The first kappa shape index (κ1) is 12.0. The number of aryl methyl sites for hydroxylation is 1. The molecule has 0 aliphatic carbocycles. The number of hydrogen-bond donors (Lipinski definition) is 0. The predicted octanol–water partition coefficient (Wildman–Crippen LogP) is 4.73. The van der Waals surface area contributed by atoms with E-state index >= 15 is 0 Å². The summed E-state index contributed by atoms with van der Waals surface area (Å²) < 4.78 is 4.36. The molecule has 2 aromatic carbocycles. The highest BCUT2D eigenvalue weighted by atomic mass is 15.0. The average molecular weight is 272 g/mol. The average Bonchev–Trinajstić information content (AvgIpc) is 3.20. The van der Waals surface area contributed by atoms with Crippen LogP contribution in [0.1, 0.15) is 5.56 Å². The lowest BCUT2D eigenvalue weighted by molar-refractivity contribution is 1.07. The van der Waals surface area contributed by atoms with Crippen molar-refractivity contribution in [1.82, 2.24) is 9.13 Å². The molecule has 2 heteroatoms. The summed E-state index contributed by atoms with van der Waals surface area (Å²) in [7, 11) is 0. The molecule has 0 aliphatic rings. The Bertz CT molecular complexity index is 885. The summed E-state index contributed by atoms with van der Waals surface area (Å²) in [5.74, 6) is 0. The fourth-order valence-electron chi connectivity index (χ4n) is 2.98. The van der Waals surface area contributed by atoms with Crippen molar-refractivity contribution in [3.63, 3.8) is 0 Å². The maximum atomic E-state index is 2.22. The molecule has 0 unspecified atom stereocenters. The summed E-state index contributed by atoms with van der Waals surface area (Å²) in [4.78, 5) is 0.